The third-order valence-electron chi connectivity index (χ3n) is 3.52. The lowest BCUT2D eigenvalue weighted by Gasteiger charge is -2.30. The van der Waals surface area contributed by atoms with Crippen LogP contribution in [-0.2, 0) is 0 Å². The molecule has 2 heteroatoms. The predicted molar refractivity (Wildman–Crippen MR) is 57.1 cm³/mol. The van der Waals surface area contributed by atoms with Gasteiger partial charge in [-0.2, -0.15) is 5.01 Å². The molecule has 0 amide bonds. The summed E-state index contributed by atoms with van der Waals surface area (Å²) in [5.41, 5.74) is 0.367. The first kappa shape index (κ1) is 10.6. The second kappa shape index (κ2) is 3.32. The van der Waals surface area contributed by atoms with Crippen molar-refractivity contribution in [2.75, 3.05) is 7.05 Å². The summed E-state index contributed by atoms with van der Waals surface area (Å²) in [7, 11) is 2.04. The summed E-state index contributed by atoms with van der Waals surface area (Å²) in [5, 5.41) is 2.43. The fraction of sp³-hybridized carbons (Fsp3) is 0.909. The van der Waals surface area contributed by atoms with Crippen molar-refractivity contribution in [2.45, 2.75) is 52.1 Å². The predicted octanol–water partition coefficient (Wildman–Crippen LogP) is 2.14. The van der Waals surface area contributed by atoms with E-state index >= 15 is 0 Å². The maximum absolute atomic E-state index is 4.01. The van der Waals surface area contributed by atoms with Gasteiger partial charge in [0.1, 0.15) is 0 Å². The van der Waals surface area contributed by atoms with E-state index in [1.54, 1.807) is 0 Å². The zero-order chi connectivity index (χ0) is 10.2. The third-order valence-corrected chi connectivity index (χ3v) is 3.52. The van der Waals surface area contributed by atoms with Crippen LogP contribution >= 0.6 is 0 Å². The monoisotopic (exact) mass is 183 g/mol. The summed E-state index contributed by atoms with van der Waals surface area (Å²) in [6, 6.07) is 0.595. The summed E-state index contributed by atoms with van der Waals surface area (Å²) in [4.78, 5) is 0. The fourth-order valence-corrected chi connectivity index (χ4v) is 2.28. The van der Waals surface area contributed by atoms with E-state index in [0.717, 1.165) is 5.92 Å². The Kier molecular flexibility index (Phi) is 2.69. The molecule has 0 radical (unpaired) electrons. The molecule has 3 atom stereocenters. The van der Waals surface area contributed by atoms with Gasteiger partial charge in [0.25, 0.3) is 0 Å². The number of hydrogen-bond donors (Lipinski definition) is 0. The summed E-state index contributed by atoms with van der Waals surface area (Å²) >= 11 is 0. The maximum atomic E-state index is 4.01. The molecule has 0 aromatic carbocycles. The van der Waals surface area contributed by atoms with Crippen LogP contribution in [0.3, 0.4) is 0 Å². The van der Waals surface area contributed by atoms with Gasteiger partial charge in [0.15, 0.2) is 13.8 Å². The van der Waals surface area contributed by atoms with Crippen molar-refractivity contribution in [3.8, 4) is 0 Å². The Hall–Kier alpha value is -0.530. The molecule has 1 aliphatic rings. The van der Waals surface area contributed by atoms with Crippen LogP contribution in [0.1, 0.15) is 40.5 Å². The zero-order valence-electron chi connectivity index (χ0n) is 9.67. The van der Waals surface area contributed by atoms with E-state index in [4.69, 9.17) is 0 Å². The molecule has 1 saturated carbocycles. The van der Waals surface area contributed by atoms with Crippen molar-refractivity contribution in [2.24, 2.45) is 5.92 Å². The van der Waals surface area contributed by atoms with E-state index in [-0.39, 0.29) is 0 Å². The molecule has 0 bridgehead atoms. The van der Waals surface area contributed by atoms with E-state index in [2.05, 4.69) is 39.4 Å². The van der Waals surface area contributed by atoms with Gasteiger partial charge < -0.3 is 0 Å². The first-order valence-electron chi connectivity index (χ1n) is 5.27. The second-order valence-electron chi connectivity index (χ2n) is 4.72. The van der Waals surface area contributed by atoms with E-state index in [9.17, 15) is 0 Å². The normalized spacial score (nSPS) is 34.1. The van der Waals surface area contributed by atoms with Gasteiger partial charge in [-0.25, -0.2) is 0 Å². The number of hydrazone groups is 1. The van der Waals surface area contributed by atoms with Gasteiger partial charge in [0.05, 0.1) is 11.6 Å². The average molecular weight is 183 g/mol. The minimum Gasteiger partial charge on any atom is -0.178 e. The van der Waals surface area contributed by atoms with Crippen LogP contribution in [0, 0.1) is 5.92 Å². The van der Waals surface area contributed by atoms with Crippen LogP contribution < -0.4 is 0 Å². The zero-order valence-corrected chi connectivity index (χ0v) is 9.67. The van der Waals surface area contributed by atoms with Gasteiger partial charge in [0, 0.05) is 0 Å². The average Bonchev–Trinajstić information content (AvgIpc) is 2.59. The summed E-state index contributed by atoms with van der Waals surface area (Å²) < 4.78 is 2.01. The molecule has 1 aliphatic carbocycles. The molecule has 1 fully saturated rings. The minimum absolute atomic E-state index is 0.367. The van der Waals surface area contributed by atoms with Gasteiger partial charge in [-0.15, -0.1) is 4.68 Å². The number of rotatable bonds is 4. The highest BCUT2D eigenvalue weighted by atomic mass is 15.6. The first-order chi connectivity index (χ1) is 5.93. The van der Waals surface area contributed by atoms with Crippen molar-refractivity contribution in [1.29, 1.82) is 0 Å². The van der Waals surface area contributed by atoms with Gasteiger partial charge in [-0.1, -0.05) is 13.8 Å². The van der Waals surface area contributed by atoms with Crippen molar-refractivity contribution >= 4 is 6.72 Å². The molecule has 13 heavy (non-hydrogen) atoms. The molecule has 0 saturated heterocycles. The lowest BCUT2D eigenvalue weighted by atomic mass is 10.1. The van der Waals surface area contributed by atoms with Crippen LogP contribution in [0.25, 0.3) is 0 Å². The highest BCUT2D eigenvalue weighted by molar-refractivity contribution is 5.15. The maximum Gasteiger partial charge on any atom is 0.161 e. The van der Waals surface area contributed by atoms with Gasteiger partial charge in [-0.3, -0.25) is 0 Å². The standard InChI is InChI=1S/C11H23N2/c1-7-10(3)13(12(5)6)11(4)8-9(11)2/h9-10H,5,7-8H2,1-4,6H3/q+1. The quantitative estimate of drug-likeness (QED) is 0.368. The van der Waals surface area contributed by atoms with E-state index < -0.39 is 0 Å². The summed E-state index contributed by atoms with van der Waals surface area (Å²) in [6.45, 7) is 13.2. The first-order valence-corrected chi connectivity index (χ1v) is 5.27. The number of hydrazine groups is 1. The SMILES string of the molecule is C=[N+](C)N(C(C)CC)C1(C)CC1C. The highest BCUT2D eigenvalue weighted by Crippen LogP contribution is 2.48. The van der Waals surface area contributed by atoms with Gasteiger partial charge in [0.2, 0.25) is 0 Å². The summed E-state index contributed by atoms with van der Waals surface area (Å²) in [6.07, 6.45) is 2.49. The van der Waals surface area contributed by atoms with Crippen LogP contribution in [0.15, 0.2) is 0 Å². The van der Waals surface area contributed by atoms with Crippen LogP contribution in [0.4, 0.5) is 0 Å². The van der Waals surface area contributed by atoms with Crippen molar-refractivity contribution in [3.05, 3.63) is 0 Å². The summed E-state index contributed by atoms with van der Waals surface area (Å²) in [5.74, 6) is 0.811. The molecule has 0 spiro atoms. The Morgan fingerprint density at radius 3 is 2.38 bits per heavy atom. The highest BCUT2D eigenvalue weighted by Gasteiger charge is 2.56. The molecule has 0 N–H and O–H groups in total. The molecule has 0 heterocycles. The fourth-order valence-electron chi connectivity index (χ4n) is 2.28. The lowest BCUT2D eigenvalue weighted by Crippen LogP contribution is -2.47. The lowest BCUT2D eigenvalue weighted by molar-refractivity contribution is -0.682. The smallest absolute Gasteiger partial charge is 0.161 e. The van der Waals surface area contributed by atoms with Crippen molar-refractivity contribution in [3.63, 3.8) is 0 Å². The van der Waals surface area contributed by atoms with E-state index in [0.29, 0.717) is 11.6 Å². The molecule has 0 aliphatic heterocycles. The largest absolute Gasteiger partial charge is 0.178 e. The number of hydrogen-bond acceptors (Lipinski definition) is 1. The number of nitrogens with zero attached hydrogens (tertiary/aromatic N) is 2. The van der Waals surface area contributed by atoms with Crippen molar-refractivity contribution in [1.82, 2.24) is 5.01 Å². The Morgan fingerprint density at radius 2 is 2.15 bits per heavy atom. The molecular formula is C11H23N2+. The second-order valence-corrected chi connectivity index (χ2v) is 4.72. The van der Waals surface area contributed by atoms with E-state index in [1.165, 1.54) is 12.8 Å². The van der Waals surface area contributed by atoms with Crippen LogP contribution in [-0.4, -0.2) is 35.0 Å². The molecule has 1 rings (SSSR count). The van der Waals surface area contributed by atoms with Gasteiger partial charge >= 0.3 is 0 Å². The topological polar surface area (TPSA) is 6.25 Å². The minimum atomic E-state index is 0.367. The van der Waals surface area contributed by atoms with Crippen LogP contribution in [0.5, 0.6) is 0 Å². The Balaban J connectivity index is 2.75. The van der Waals surface area contributed by atoms with E-state index in [1.807, 2.05) is 11.7 Å². The molecule has 76 valence electrons. The molecule has 0 aromatic rings. The van der Waals surface area contributed by atoms with Gasteiger partial charge in [-0.05, 0) is 32.6 Å². The molecular weight excluding hydrogens is 160 g/mol. The Labute approximate surface area is 82.2 Å². The Bertz CT molecular complexity index is 212. The third kappa shape index (κ3) is 1.72. The van der Waals surface area contributed by atoms with Crippen LogP contribution in [0.2, 0.25) is 0 Å². The molecule has 3 unspecified atom stereocenters. The molecule has 2 nitrogen and oxygen atoms in total. The Morgan fingerprint density at radius 1 is 1.69 bits per heavy atom. The molecule has 0 aromatic heterocycles. The van der Waals surface area contributed by atoms with Crippen molar-refractivity contribution < 1.29 is 4.68 Å².